The van der Waals surface area contributed by atoms with Crippen LogP contribution in [-0.2, 0) is 4.84 Å². The molecular formula is C12H24N2O2. The predicted molar refractivity (Wildman–Crippen MR) is 63.0 cm³/mol. The molecule has 1 aliphatic carbocycles. The van der Waals surface area contributed by atoms with Crippen molar-refractivity contribution in [3.05, 3.63) is 0 Å². The maximum absolute atomic E-state index is 9.80. The van der Waals surface area contributed by atoms with Gasteiger partial charge in [-0.2, -0.15) is 5.48 Å². The lowest BCUT2D eigenvalue weighted by Gasteiger charge is -2.20. The van der Waals surface area contributed by atoms with E-state index in [4.69, 9.17) is 4.84 Å². The molecule has 1 heterocycles. The molecular weight excluding hydrogens is 204 g/mol. The average molecular weight is 228 g/mol. The van der Waals surface area contributed by atoms with Gasteiger partial charge in [0.15, 0.2) is 0 Å². The molecule has 2 fully saturated rings. The molecule has 0 aromatic rings. The van der Waals surface area contributed by atoms with Gasteiger partial charge in [-0.1, -0.05) is 12.8 Å². The van der Waals surface area contributed by atoms with E-state index in [1.807, 2.05) is 0 Å². The summed E-state index contributed by atoms with van der Waals surface area (Å²) in [6.07, 6.45) is 7.51. The predicted octanol–water partition coefficient (Wildman–Crippen LogP) is 0.907. The van der Waals surface area contributed by atoms with Gasteiger partial charge < -0.3 is 10.0 Å². The Bertz CT molecular complexity index is 189. The zero-order valence-corrected chi connectivity index (χ0v) is 10.0. The lowest BCUT2D eigenvalue weighted by atomic mass is 10.3. The number of aliphatic hydroxyl groups excluding tert-OH is 1. The van der Waals surface area contributed by atoms with E-state index in [-0.39, 0.29) is 6.10 Å². The molecule has 0 aromatic carbocycles. The highest BCUT2D eigenvalue weighted by Crippen LogP contribution is 2.19. The number of hydroxylamine groups is 1. The number of hydrogen-bond donors (Lipinski definition) is 2. The number of nitrogens with one attached hydrogen (secondary N) is 1. The van der Waals surface area contributed by atoms with Gasteiger partial charge in [0.2, 0.25) is 0 Å². The van der Waals surface area contributed by atoms with Crippen LogP contribution in [0.25, 0.3) is 0 Å². The van der Waals surface area contributed by atoms with Gasteiger partial charge in [0.1, 0.15) is 0 Å². The zero-order chi connectivity index (χ0) is 11.2. The summed E-state index contributed by atoms with van der Waals surface area (Å²) in [5.41, 5.74) is 2.92. The molecule has 0 bridgehead atoms. The van der Waals surface area contributed by atoms with E-state index in [0.717, 1.165) is 32.5 Å². The van der Waals surface area contributed by atoms with Crippen LogP contribution in [0.15, 0.2) is 0 Å². The molecule has 2 rings (SSSR count). The van der Waals surface area contributed by atoms with Crippen LogP contribution in [0.3, 0.4) is 0 Å². The molecule has 0 amide bonds. The molecule has 94 valence electrons. The maximum Gasteiger partial charge on any atom is 0.0814 e. The first kappa shape index (κ1) is 12.3. The lowest BCUT2D eigenvalue weighted by molar-refractivity contribution is -0.0397. The normalized spacial score (nSPS) is 25.3. The number of β-amino-alcohol motifs (C(OH)–C–C–N with tert-alkyl or cyclic N) is 1. The summed E-state index contributed by atoms with van der Waals surface area (Å²) >= 11 is 0. The van der Waals surface area contributed by atoms with Crippen molar-refractivity contribution >= 4 is 0 Å². The Hall–Kier alpha value is -0.160. The first-order chi connectivity index (χ1) is 7.84. The summed E-state index contributed by atoms with van der Waals surface area (Å²) in [6.45, 7) is 3.61. The second kappa shape index (κ2) is 6.55. The molecule has 16 heavy (non-hydrogen) atoms. The Labute approximate surface area is 97.9 Å². The van der Waals surface area contributed by atoms with Gasteiger partial charge in [-0.15, -0.1) is 0 Å². The van der Waals surface area contributed by atoms with Gasteiger partial charge in [0.25, 0.3) is 0 Å². The van der Waals surface area contributed by atoms with Crippen molar-refractivity contribution in [2.75, 3.05) is 26.2 Å². The summed E-state index contributed by atoms with van der Waals surface area (Å²) in [6, 6.07) is 0. The van der Waals surface area contributed by atoms with Crippen LogP contribution >= 0.6 is 0 Å². The fourth-order valence-electron chi connectivity index (χ4n) is 2.60. The van der Waals surface area contributed by atoms with E-state index in [1.165, 1.54) is 25.7 Å². The van der Waals surface area contributed by atoms with Crippen LogP contribution in [0, 0.1) is 0 Å². The van der Waals surface area contributed by atoms with Gasteiger partial charge in [-0.05, 0) is 38.8 Å². The fourth-order valence-corrected chi connectivity index (χ4v) is 2.60. The molecule has 4 nitrogen and oxygen atoms in total. The molecule has 2 N–H and O–H groups in total. The van der Waals surface area contributed by atoms with Gasteiger partial charge in [0, 0.05) is 13.1 Å². The Morgan fingerprint density at radius 1 is 1.19 bits per heavy atom. The van der Waals surface area contributed by atoms with Gasteiger partial charge in [-0.25, -0.2) is 0 Å². The van der Waals surface area contributed by atoms with E-state index in [0.29, 0.717) is 12.6 Å². The van der Waals surface area contributed by atoms with Crippen LogP contribution in [0.5, 0.6) is 0 Å². The number of rotatable bonds is 6. The summed E-state index contributed by atoms with van der Waals surface area (Å²) in [5, 5.41) is 9.80. The minimum absolute atomic E-state index is 0.306. The second-order valence-electron chi connectivity index (χ2n) is 5.03. The maximum atomic E-state index is 9.80. The Balaban J connectivity index is 1.51. The molecule has 0 aromatic heterocycles. The van der Waals surface area contributed by atoms with E-state index in [2.05, 4.69) is 10.4 Å². The largest absolute Gasteiger partial charge is 0.390 e. The highest BCUT2D eigenvalue weighted by atomic mass is 16.7. The lowest BCUT2D eigenvalue weighted by Crippen LogP contribution is -2.38. The third-order valence-electron chi connectivity index (χ3n) is 3.54. The van der Waals surface area contributed by atoms with Crippen LogP contribution in [0.1, 0.15) is 38.5 Å². The third kappa shape index (κ3) is 4.01. The van der Waals surface area contributed by atoms with E-state index < -0.39 is 0 Å². The Kier molecular flexibility index (Phi) is 5.03. The molecule has 0 spiro atoms. The number of hydrogen-bond acceptors (Lipinski definition) is 4. The molecule has 1 saturated heterocycles. The number of likely N-dealkylation sites (tertiary alicyclic amines) is 1. The first-order valence-electron chi connectivity index (χ1n) is 6.63. The van der Waals surface area contributed by atoms with Crippen molar-refractivity contribution in [1.82, 2.24) is 10.4 Å². The van der Waals surface area contributed by atoms with Crippen molar-refractivity contribution in [2.24, 2.45) is 0 Å². The van der Waals surface area contributed by atoms with E-state index >= 15 is 0 Å². The monoisotopic (exact) mass is 228 g/mol. The highest BCUT2D eigenvalue weighted by molar-refractivity contribution is 4.71. The Morgan fingerprint density at radius 3 is 2.56 bits per heavy atom. The first-order valence-corrected chi connectivity index (χ1v) is 6.63. The molecule has 1 unspecified atom stereocenters. The highest BCUT2D eigenvalue weighted by Gasteiger charge is 2.18. The molecule has 2 aliphatic rings. The van der Waals surface area contributed by atoms with Crippen molar-refractivity contribution < 1.29 is 9.94 Å². The molecule has 1 saturated carbocycles. The molecule has 1 atom stereocenters. The molecule has 1 aliphatic heterocycles. The van der Waals surface area contributed by atoms with Crippen molar-refractivity contribution in [2.45, 2.75) is 50.7 Å². The summed E-state index contributed by atoms with van der Waals surface area (Å²) in [5.74, 6) is 0. The summed E-state index contributed by atoms with van der Waals surface area (Å²) < 4.78 is 0. The zero-order valence-electron chi connectivity index (χ0n) is 10.0. The van der Waals surface area contributed by atoms with Gasteiger partial charge in [0.05, 0.1) is 12.2 Å². The SMILES string of the molecule is OC(CNOC1CCCC1)CN1CCCC1. The molecule has 4 heteroatoms. The van der Waals surface area contributed by atoms with Gasteiger partial charge >= 0.3 is 0 Å². The smallest absolute Gasteiger partial charge is 0.0814 e. The van der Waals surface area contributed by atoms with Crippen LogP contribution in [0.2, 0.25) is 0 Å². The summed E-state index contributed by atoms with van der Waals surface area (Å²) in [4.78, 5) is 7.83. The van der Waals surface area contributed by atoms with Crippen LogP contribution in [0.4, 0.5) is 0 Å². The Morgan fingerprint density at radius 2 is 1.88 bits per heavy atom. The second-order valence-corrected chi connectivity index (χ2v) is 5.03. The summed E-state index contributed by atoms with van der Waals surface area (Å²) in [7, 11) is 0. The molecule has 0 radical (unpaired) electrons. The van der Waals surface area contributed by atoms with Gasteiger partial charge in [-0.3, -0.25) is 4.84 Å². The van der Waals surface area contributed by atoms with Crippen LogP contribution in [-0.4, -0.2) is 48.4 Å². The van der Waals surface area contributed by atoms with Crippen LogP contribution < -0.4 is 5.48 Å². The topological polar surface area (TPSA) is 44.7 Å². The quantitative estimate of drug-likeness (QED) is 0.663. The van der Waals surface area contributed by atoms with E-state index in [9.17, 15) is 5.11 Å². The average Bonchev–Trinajstić information content (AvgIpc) is 2.90. The third-order valence-corrected chi connectivity index (χ3v) is 3.54. The minimum Gasteiger partial charge on any atom is -0.390 e. The van der Waals surface area contributed by atoms with Crippen molar-refractivity contribution in [3.8, 4) is 0 Å². The number of aliphatic hydroxyl groups is 1. The van der Waals surface area contributed by atoms with Crippen molar-refractivity contribution in [1.29, 1.82) is 0 Å². The standard InChI is InChI=1S/C12H24N2O2/c15-11(10-14-7-3-4-8-14)9-13-16-12-5-1-2-6-12/h11-13,15H,1-10H2. The minimum atomic E-state index is -0.306. The van der Waals surface area contributed by atoms with Crippen molar-refractivity contribution in [3.63, 3.8) is 0 Å². The van der Waals surface area contributed by atoms with E-state index in [1.54, 1.807) is 0 Å². The fraction of sp³-hybridized carbons (Fsp3) is 1.00. The number of nitrogens with zero attached hydrogens (tertiary/aromatic N) is 1.